The molecule has 3 heteroatoms. The number of hydrogen-bond donors (Lipinski definition) is 1. The molecule has 23 heavy (non-hydrogen) atoms. The molecule has 0 fully saturated rings. The molecule has 0 aromatic heterocycles. The molecule has 0 unspecified atom stereocenters. The summed E-state index contributed by atoms with van der Waals surface area (Å²) in [5.41, 5.74) is 9.66. The predicted molar refractivity (Wildman–Crippen MR) is 96.0 cm³/mol. The Balaban J connectivity index is 3.13. The first kappa shape index (κ1) is 18.3. The normalized spacial score (nSPS) is 11.0. The Bertz CT molecular complexity index is 661. The zero-order valence-electron chi connectivity index (χ0n) is 13.8. The molecule has 2 N–H and O–H groups in total. The molecule has 0 heterocycles. The number of allylic oxidation sites excluding steroid dienone is 5. The van der Waals surface area contributed by atoms with E-state index in [0.29, 0.717) is 0 Å². The van der Waals surface area contributed by atoms with Crippen LogP contribution in [0.2, 0.25) is 0 Å². The van der Waals surface area contributed by atoms with Crippen LogP contribution in [0.3, 0.4) is 0 Å². The number of hydrogen-bond acceptors (Lipinski definition) is 3. The number of nitrogen functional groups attached to an aromatic ring is 1. The van der Waals surface area contributed by atoms with E-state index in [1.54, 1.807) is 0 Å². The second-order valence-electron chi connectivity index (χ2n) is 5.34. The summed E-state index contributed by atoms with van der Waals surface area (Å²) in [7, 11) is 0. The van der Waals surface area contributed by atoms with Crippen molar-refractivity contribution in [2.75, 3.05) is 5.73 Å². The molecule has 0 aliphatic heterocycles. The van der Waals surface area contributed by atoms with E-state index in [2.05, 4.69) is 13.0 Å². The molecule has 0 aliphatic carbocycles. The van der Waals surface area contributed by atoms with Crippen molar-refractivity contribution in [1.82, 2.24) is 0 Å². The maximum atomic E-state index is 9.11. The predicted octanol–water partition coefficient (Wildman–Crippen LogP) is 5.15. The van der Waals surface area contributed by atoms with E-state index in [0.717, 1.165) is 48.1 Å². The monoisotopic (exact) mass is 305 g/mol. The highest BCUT2D eigenvalue weighted by atomic mass is 14.5. The lowest BCUT2D eigenvalue weighted by Gasteiger charge is -2.05. The lowest BCUT2D eigenvalue weighted by atomic mass is 9.99. The van der Waals surface area contributed by atoms with Crippen molar-refractivity contribution < 1.29 is 0 Å². The Hall–Kier alpha value is -2.78. The van der Waals surface area contributed by atoms with Gasteiger partial charge in [0.05, 0.1) is 0 Å². The molecule has 3 nitrogen and oxygen atoms in total. The molecular formula is C20H23N3. The topological polar surface area (TPSA) is 73.6 Å². The minimum Gasteiger partial charge on any atom is -0.399 e. The molecule has 1 aromatic carbocycles. The number of nitrogens with zero attached hydrogens (tertiary/aromatic N) is 2. The second-order valence-corrected chi connectivity index (χ2v) is 5.34. The van der Waals surface area contributed by atoms with E-state index in [-0.39, 0.29) is 5.57 Å². The van der Waals surface area contributed by atoms with E-state index in [9.17, 15) is 0 Å². The molecule has 0 bridgehead atoms. The number of nitriles is 2. The van der Waals surface area contributed by atoms with Crippen LogP contribution in [0.25, 0.3) is 6.08 Å². The third-order valence-corrected chi connectivity index (χ3v) is 3.39. The van der Waals surface area contributed by atoms with E-state index < -0.39 is 0 Å². The number of anilines is 1. The highest BCUT2D eigenvalue weighted by Crippen LogP contribution is 2.19. The Morgan fingerprint density at radius 1 is 1.04 bits per heavy atom. The summed E-state index contributed by atoms with van der Waals surface area (Å²) >= 11 is 0. The van der Waals surface area contributed by atoms with Crippen molar-refractivity contribution >= 4 is 11.8 Å². The molecule has 0 saturated heterocycles. The van der Waals surface area contributed by atoms with Crippen LogP contribution in [0.4, 0.5) is 5.69 Å². The molecule has 0 aliphatic rings. The number of nitrogens with two attached hydrogens (primary N) is 1. The molecule has 1 rings (SSSR count). The first-order valence-electron chi connectivity index (χ1n) is 7.92. The van der Waals surface area contributed by atoms with Crippen LogP contribution in [0, 0.1) is 22.7 Å². The average molecular weight is 305 g/mol. The van der Waals surface area contributed by atoms with Gasteiger partial charge >= 0.3 is 0 Å². The maximum Gasteiger partial charge on any atom is 0.132 e. The fourth-order valence-electron chi connectivity index (χ4n) is 2.23. The fourth-order valence-corrected chi connectivity index (χ4v) is 2.23. The summed E-state index contributed by atoms with van der Waals surface area (Å²) < 4.78 is 0. The van der Waals surface area contributed by atoms with Gasteiger partial charge in [0.1, 0.15) is 17.7 Å². The summed E-state index contributed by atoms with van der Waals surface area (Å²) in [6.45, 7) is 4.16. The van der Waals surface area contributed by atoms with Gasteiger partial charge in [0.2, 0.25) is 0 Å². The van der Waals surface area contributed by atoms with Crippen LogP contribution in [-0.4, -0.2) is 0 Å². The van der Waals surface area contributed by atoms with Gasteiger partial charge < -0.3 is 5.73 Å². The molecule has 0 amide bonds. The van der Waals surface area contributed by atoms with Crippen LogP contribution in [0.1, 0.15) is 45.1 Å². The molecule has 0 radical (unpaired) electrons. The van der Waals surface area contributed by atoms with Gasteiger partial charge in [-0.05, 0) is 41.7 Å². The van der Waals surface area contributed by atoms with Crippen molar-refractivity contribution in [3.05, 3.63) is 58.7 Å². The summed E-state index contributed by atoms with van der Waals surface area (Å²) in [5.74, 6) is 0. The number of rotatable bonds is 7. The van der Waals surface area contributed by atoms with Crippen LogP contribution in [-0.2, 0) is 0 Å². The molecular weight excluding hydrogens is 282 g/mol. The van der Waals surface area contributed by atoms with Crippen LogP contribution in [0.15, 0.2) is 53.1 Å². The molecule has 118 valence electrons. The minimum absolute atomic E-state index is 0.210. The van der Waals surface area contributed by atoms with Gasteiger partial charge in [-0.25, -0.2) is 0 Å². The van der Waals surface area contributed by atoms with Gasteiger partial charge in [-0.3, -0.25) is 0 Å². The summed E-state index contributed by atoms with van der Waals surface area (Å²) in [4.78, 5) is 0. The van der Waals surface area contributed by atoms with E-state index >= 15 is 0 Å². The molecule has 0 saturated carbocycles. The Morgan fingerprint density at radius 2 is 1.65 bits per heavy atom. The first-order chi connectivity index (χ1) is 11.1. The van der Waals surface area contributed by atoms with Crippen molar-refractivity contribution in [2.45, 2.75) is 39.5 Å². The van der Waals surface area contributed by atoms with Crippen molar-refractivity contribution in [1.29, 1.82) is 10.5 Å². The zero-order chi connectivity index (χ0) is 17.1. The lowest BCUT2D eigenvalue weighted by molar-refractivity contribution is 0.900. The highest BCUT2D eigenvalue weighted by molar-refractivity contribution is 5.57. The second kappa shape index (κ2) is 10.0. The first-order valence-corrected chi connectivity index (χ1v) is 7.92. The van der Waals surface area contributed by atoms with Gasteiger partial charge in [0.25, 0.3) is 0 Å². The lowest BCUT2D eigenvalue weighted by Crippen LogP contribution is -1.89. The largest absolute Gasteiger partial charge is 0.399 e. The van der Waals surface area contributed by atoms with Crippen LogP contribution in [0.5, 0.6) is 0 Å². The van der Waals surface area contributed by atoms with Crippen LogP contribution >= 0.6 is 0 Å². The summed E-state index contributed by atoms with van der Waals surface area (Å²) in [5, 5.41) is 18.2. The van der Waals surface area contributed by atoms with E-state index in [1.165, 1.54) is 0 Å². The average Bonchev–Trinajstić information content (AvgIpc) is 2.55. The number of benzene rings is 1. The molecule has 0 atom stereocenters. The summed E-state index contributed by atoms with van der Waals surface area (Å²) in [6, 6.07) is 11.7. The van der Waals surface area contributed by atoms with Crippen molar-refractivity contribution in [3.8, 4) is 12.1 Å². The fraction of sp³-hybridized carbons (Fsp3) is 0.300. The van der Waals surface area contributed by atoms with Gasteiger partial charge in [-0.15, -0.1) is 0 Å². The Labute approximate surface area is 139 Å². The Morgan fingerprint density at radius 3 is 2.17 bits per heavy atom. The Kier molecular flexibility index (Phi) is 7.97. The standard InChI is InChI=1S/C20H23N3/c1-3-5-17(8-7-16-9-11-20(23)12-10-16)13-18(6-4-2)19(14-21)15-22/h7-13H,3-6,23H2,1-2H3/b8-7+,17-13+. The quantitative estimate of drug-likeness (QED) is 0.430. The van der Waals surface area contributed by atoms with Gasteiger partial charge in [-0.2, -0.15) is 10.5 Å². The highest BCUT2D eigenvalue weighted by Gasteiger charge is 2.04. The van der Waals surface area contributed by atoms with Gasteiger partial charge in [0.15, 0.2) is 0 Å². The summed E-state index contributed by atoms with van der Waals surface area (Å²) in [6.07, 6.45) is 9.62. The van der Waals surface area contributed by atoms with Crippen molar-refractivity contribution in [3.63, 3.8) is 0 Å². The third kappa shape index (κ3) is 6.24. The van der Waals surface area contributed by atoms with E-state index in [1.807, 2.05) is 55.5 Å². The van der Waals surface area contributed by atoms with Gasteiger partial charge in [0, 0.05) is 5.69 Å². The maximum absolute atomic E-state index is 9.11. The SMILES string of the molecule is CCCC(/C=C(/C=C/c1ccc(N)cc1)CCC)=C(C#N)C#N. The van der Waals surface area contributed by atoms with E-state index in [4.69, 9.17) is 16.3 Å². The third-order valence-electron chi connectivity index (χ3n) is 3.39. The van der Waals surface area contributed by atoms with Crippen molar-refractivity contribution in [2.24, 2.45) is 0 Å². The van der Waals surface area contributed by atoms with Crippen LogP contribution < -0.4 is 5.73 Å². The molecule has 0 spiro atoms. The molecule has 1 aromatic rings. The zero-order valence-corrected chi connectivity index (χ0v) is 13.8. The smallest absolute Gasteiger partial charge is 0.132 e. The minimum atomic E-state index is 0.210. The van der Waals surface area contributed by atoms with Gasteiger partial charge in [-0.1, -0.05) is 57.0 Å².